The second-order valence-corrected chi connectivity index (χ2v) is 4.99. The minimum Gasteiger partial charge on any atom is -0.395 e. The predicted octanol–water partition coefficient (Wildman–Crippen LogP) is 0.657. The maximum atomic E-state index is 13.2. The number of hydrogen-bond donors (Lipinski definition) is 1. The number of hydrogen-bond acceptors (Lipinski definition) is 3. The standard InChI is InChI=1S/C14H17F2N3O3/c1-17(6-7-20)13(21)9-18-4-5-19(14(18)22)10-2-3-11(15)12(16)8-10/h2-3,8,20H,4-7,9H2,1H3. The van der Waals surface area contributed by atoms with Gasteiger partial charge in [0.15, 0.2) is 11.6 Å². The molecule has 3 amide bonds. The largest absolute Gasteiger partial charge is 0.395 e. The molecule has 120 valence electrons. The van der Waals surface area contributed by atoms with Gasteiger partial charge in [-0.25, -0.2) is 13.6 Å². The molecule has 0 atom stereocenters. The fourth-order valence-corrected chi connectivity index (χ4v) is 2.18. The molecular weight excluding hydrogens is 296 g/mol. The zero-order chi connectivity index (χ0) is 16.3. The van der Waals surface area contributed by atoms with E-state index in [0.29, 0.717) is 13.1 Å². The fourth-order valence-electron chi connectivity index (χ4n) is 2.18. The molecule has 22 heavy (non-hydrogen) atoms. The van der Waals surface area contributed by atoms with E-state index in [1.165, 1.54) is 27.8 Å². The predicted molar refractivity (Wildman–Crippen MR) is 75.4 cm³/mol. The molecule has 0 aromatic heterocycles. The van der Waals surface area contributed by atoms with Gasteiger partial charge in [0.1, 0.15) is 6.54 Å². The smallest absolute Gasteiger partial charge is 0.325 e. The fraction of sp³-hybridized carbons (Fsp3) is 0.429. The van der Waals surface area contributed by atoms with Crippen LogP contribution < -0.4 is 4.90 Å². The number of aliphatic hydroxyl groups excluding tert-OH is 1. The van der Waals surface area contributed by atoms with Crippen molar-refractivity contribution in [2.75, 3.05) is 44.7 Å². The molecule has 0 bridgehead atoms. The van der Waals surface area contributed by atoms with E-state index in [0.717, 1.165) is 12.1 Å². The first-order valence-corrected chi connectivity index (χ1v) is 6.80. The van der Waals surface area contributed by atoms with Gasteiger partial charge in [0.25, 0.3) is 0 Å². The van der Waals surface area contributed by atoms with E-state index in [1.807, 2.05) is 0 Å². The van der Waals surface area contributed by atoms with Gasteiger partial charge in [0.05, 0.1) is 6.61 Å². The lowest BCUT2D eigenvalue weighted by Gasteiger charge is -2.21. The highest BCUT2D eigenvalue weighted by Crippen LogP contribution is 2.22. The number of benzene rings is 1. The lowest BCUT2D eigenvalue weighted by molar-refractivity contribution is -0.130. The highest BCUT2D eigenvalue weighted by molar-refractivity contribution is 5.96. The van der Waals surface area contributed by atoms with Gasteiger partial charge in [-0.2, -0.15) is 0 Å². The van der Waals surface area contributed by atoms with Crippen LogP contribution in [0.1, 0.15) is 0 Å². The van der Waals surface area contributed by atoms with Gasteiger partial charge < -0.3 is 14.9 Å². The van der Waals surface area contributed by atoms with Crippen molar-refractivity contribution in [3.8, 4) is 0 Å². The summed E-state index contributed by atoms with van der Waals surface area (Å²) in [5.41, 5.74) is 0.252. The van der Waals surface area contributed by atoms with Crippen molar-refractivity contribution in [2.24, 2.45) is 0 Å². The highest BCUT2D eigenvalue weighted by atomic mass is 19.2. The molecule has 0 saturated carbocycles. The van der Waals surface area contributed by atoms with Crippen molar-refractivity contribution in [3.63, 3.8) is 0 Å². The molecule has 1 N–H and O–H groups in total. The SMILES string of the molecule is CN(CCO)C(=O)CN1CCN(c2ccc(F)c(F)c2)C1=O. The van der Waals surface area contributed by atoms with Crippen molar-refractivity contribution in [1.29, 1.82) is 0 Å². The molecule has 0 radical (unpaired) electrons. The highest BCUT2D eigenvalue weighted by Gasteiger charge is 2.31. The van der Waals surface area contributed by atoms with Crippen LogP contribution in [-0.4, -0.2) is 66.7 Å². The normalized spacial score (nSPS) is 14.6. The first kappa shape index (κ1) is 16.2. The summed E-state index contributed by atoms with van der Waals surface area (Å²) in [6.45, 7) is 0.526. The number of anilines is 1. The summed E-state index contributed by atoms with van der Waals surface area (Å²) in [5, 5.41) is 8.79. The van der Waals surface area contributed by atoms with Gasteiger partial charge in [-0.3, -0.25) is 9.69 Å². The second-order valence-electron chi connectivity index (χ2n) is 4.99. The Labute approximate surface area is 126 Å². The van der Waals surface area contributed by atoms with E-state index in [-0.39, 0.29) is 31.3 Å². The van der Waals surface area contributed by atoms with E-state index < -0.39 is 17.7 Å². The number of halogens is 2. The van der Waals surface area contributed by atoms with E-state index in [1.54, 1.807) is 0 Å². The Hall–Kier alpha value is -2.22. The summed E-state index contributed by atoms with van der Waals surface area (Å²) in [4.78, 5) is 28.1. The minimum atomic E-state index is -1.03. The quantitative estimate of drug-likeness (QED) is 0.868. The summed E-state index contributed by atoms with van der Waals surface area (Å²) >= 11 is 0. The summed E-state index contributed by atoms with van der Waals surface area (Å²) in [6.07, 6.45) is 0. The summed E-state index contributed by atoms with van der Waals surface area (Å²) < 4.78 is 26.2. The zero-order valence-corrected chi connectivity index (χ0v) is 12.1. The number of rotatable bonds is 5. The van der Waals surface area contributed by atoms with Crippen molar-refractivity contribution < 1.29 is 23.5 Å². The topological polar surface area (TPSA) is 64.1 Å². The number of amides is 3. The van der Waals surface area contributed by atoms with Crippen molar-refractivity contribution >= 4 is 17.6 Å². The molecule has 0 spiro atoms. The van der Waals surface area contributed by atoms with Crippen molar-refractivity contribution in [1.82, 2.24) is 9.80 Å². The van der Waals surface area contributed by atoms with Crippen LogP contribution in [-0.2, 0) is 4.79 Å². The third-order valence-corrected chi connectivity index (χ3v) is 3.50. The van der Waals surface area contributed by atoms with Gasteiger partial charge >= 0.3 is 6.03 Å². The molecule has 1 aromatic rings. The molecule has 1 aromatic carbocycles. The average Bonchev–Trinajstić information content (AvgIpc) is 2.83. The monoisotopic (exact) mass is 313 g/mol. The first-order chi connectivity index (χ1) is 10.4. The van der Waals surface area contributed by atoms with Gasteiger partial charge in [0, 0.05) is 38.4 Å². The molecule has 2 rings (SSSR count). The van der Waals surface area contributed by atoms with Crippen LogP contribution in [0.5, 0.6) is 0 Å². The molecule has 8 heteroatoms. The van der Waals surface area contributed by atoms with Crippen LogP contribution in [0.25, 0.3) is 0 Å². The van der Waals surface area contributed by atoms with Gasteiger partial charge in [-0.1, -0.05) is 0 Å². The van der Waals surface area contributed by atoms with Crippen LogP contribution >= 0.6 is 0 Å². The lowest BCUT2D eigenvalue weighted by Crippen LogP contribution is -2.41. The Kier molecular flexibility index (Phi) is 4.92. The Morgan fingerprint density at radius 1 is 1.32 bits per heavy atom. The van der Waals surface area contributed by atoms with Crippen molar-refractivity contribution in [3.05, 3.63) is 29.8 Å². The molecule has 0 aliphatic carbocycles. The Morgan fingerprint density at radius 3 is 2.68 bits per heavy atom. The molecule has 1 heterocycles. The van der Waals surface area contributed by atoms with Crippen molar-refractivity contribution in [2.45, 2.75) is 0 Å². The van der Waals surface area contributed by atoms with E-state index in [2.05, 4.69) is 0 Å². The van der Waals surface area contributed by atoms with E-state index in [4.69, 9.17) is 5.11 Å². The number of nitrogens with zero attached hydrogens (tertiary/aromatic N) is 3. The molecule has 6 nitrogen and oxygen atoms in total. The maximum Gasteiger partial charge on any atom is 0.325 e. The van der Waals surface area contributed by atoms with Crippen LogP contribution in [0, 0.1) is 11.6 Å². The molecule has 0 unspecified atom stereocenters. The molecule has 1 aliphatic rings. The summed E-state index contributed by atoms with van der Waals surface area (Å²) in [6, 6.07) is 2.80. The van der Waals surface area contributed by atoms with E-state index in [9.17, 15) is 18.4 Å². The molecule has 1 fully saturated rings. The molecule has 1 saturated heterocycles. The molecular formula is C14H17F2N3O3. The Bertz CT molecular complexity index is 582. The molecule has 1 aliphatic heterocycles. The number of carbonyl (C=O) groups is 2. The summed E-state index contributed by atoms with van der Waals surface area (Å²) in [7, 11) is 1.53. The van der Waals surface area contributed by atoms with Gasteiger partial charge in [-0.15, -0.1) is 0 Å². The number of carbonyl (C=O) groups excluding carboxylic acids is 2. The first-order valence-electron chi connectivity index (χ1n) is 6.80. The van der Waals surface area contributed by atoms with Crippen LogP contribution in [0.15, 0.2) is 18.2 Å². The van der Waals surface area contributed by atoms with E-state index >= 15 is 0 Å². The van der Waals surface area contributed by atoms with Gasteiger partial charge in [0.2, 0.25) is 5.91 Å². The number of likely N-dealkylation sites (N-methyl/N-ethyl adjacent to an activating group) is 1. The van der Waals surface area contributed by atoms with Crippen LogP contribution in [0.2, 0.25) is 0 Å². The maximum absolute atomic E-state index is 13.2. The average molecular weight is 313 g/mol. The third kappa shape index (κ3) is 3.33. The third-order valence-electron chi connectivity index (χ3n) is 3.50. The van der Waals surface area contributed by atoms with Gasteiger partial charge in [-0.05, 0) is 12.1 Å². The second kappa shape index (κ2) is 6.69. The van der Waals surface area contributed by atoms with Crippen LogP contribution in [0.4, 0.5) is 19.3 Å². The summed E-state index contributed by atoms with van der Waals surface area (Å²) in [5.74, 6) is -2.30. The zero-order valence-electron chi connectivity index (χ0n) is 12.1. The Balaban J connectivity index is 2.03. The number of aliphatic hydroxyl groups is 1. The lowest BCUT2D eigenvalue weighted by atomic mass is 10.3. The number of urea groups is 1. The minimum absolute atomic E-state index is 0.116. The van der Waals surface area contributed by atoms with Crippen LogP contribution in [0.3, 0.4) is 0 Å². The Morgan fingerprint density at radius 2 is 2.05 bits per heavy atom.